The van der Waals surface area contributed by atoms with E-state index in [0.29, 0.717) is 43.2 Å². The van der Waals surface area contributed by atoms with Crippen LogP contribution in [0, 0.1) is 0 Å². The number of likely N-dealkylation sites (N-methyl/N-ethyl adjacent to an activating group) is 1. The van der Waals surface area contributed by atoms with Gasteiger partial charge in [0.1, 0.15) is 11.5 Å². The van der Waals surface area contributed by atoms with Crippen molar-refractivity contribution in [3.63, 3.8) is 0 Å². The maximum absolute atomic E-state index is 13.2. The van der Waals surface area contributed by atoms with E-state index >= 15 is 0 Å². The third kappa shape index (κ3) is 11.7. The largest absolute Gasteiger partial charge is 0.478 e. The van der Waals surface area contributed by atoms with Crippen LogP contribution < -0.4 is 15.0 Å². The van der Waals surface area contributed by atoms with Gasteiger partial charge in [0.25, 0.3) is 0 Å². The Morgan fingerprint density at radius 1 is 0.680 bits per heavy atom. The summed E-state index contributed by atoms with van der Waals surface area (Å²) in [5.74, 6) is 0.421. The van der Waals surface area contributed by atoms with Crippen LogP contribution in [-0.4, -0.2) is 90.6 Å². The summed E-state index contributed by atoms with van der Waals surface area (Å²) in [5.41, 5.74) is 3.92. The minimum Gasteiger partial charge on any atom is -0.478 e. The van der Waals surface area contributed by atoms with Crippen molar-refractivity contribution in [3.8, 4) is 11.5 Å². The molecule has 0 unspecified atom stereocenters. The van der Waals surface area contributed by atoms with Crippen molar-refractivity contribution >= 4 is 23.3 Å². The first-order valence-corrected chi connectivity index (χ1v) is 17.4. The molecule has 0 aliphatic heterocycles. The summed E-state index contributed by atoms with van der Waals surface area (Å²) in [6.45, 7) is 12.7. The normalized spacial score (nSPS) is 11.5. The van der Waals surface area contributed by atoms with Crippen LogP contribution in [0.25, 0.3) is 0 Å². The van der Waals surface area contributed by atoms with Crippen molar-refractivity contribution in [2.75, 3.05) is 57.0 Å². The maximum Gasteiger partial charge on any atom is 0.336 e. The van der Waals surface area contributed by atoms with Crippen molar-refractivity contribution in [3.05, 3.63) is 120 Å². The zero-order valence-electron chi connectivity index (χ0n) is 30.4. The van der Waals surface area contributed by atoms with E-state index in [0.717, 1.165) is 30.1 Å². The molecule has 0 spiro atoms. The standard InChI is InChI=1S/C41H53N5O4/c1-31(2)44(26-27-45(32(3)4)30-40(47)42-34-20-22-36(23-21-34)50-35-16-11-8-12-17-35)29-38-37(41(48)49)18-13-19-39(38)46(25-24-43(5)6)28-33-14-9-7-10-15-33/h7-23,31-32H,24-30H2,1-6H3,(H,42,47)(H,48,49). The number of benzene rings is 4. The van der Waals surface area contributed by atoms with Gasteiger partial charge in [0.2, 0.25) is 5.91 Å². The maximum atomic E-state index is 13.2. The summed E-state index contributed by atoms with van der Waals surface area (Å²) in [6.07, 6.45) is 0. The Balaban J connectivity index is 1.46. The molecule has 0 saturated heterocycles. The summed E-state index contributed by atoms with van der Waals surface area (Å²) in [7, 11) is 4.10. The van der Waals surface area contributed by atoms with Crippen LogP contribution in [0.15, 0.2) is 103 Å². The zero-order valence-corrected chi connectivity index (χ0v) is 30.4. The van der Waals surface area contributed by atoms with Crippen LogP contribution in [-0.2, 0) is 17.9 Å². The molecule has 1 amide bonds. The number of anilines is 2. The van der Waals surface area contributed by atoms with E-state index in [2.05, 4.69) is 64.7 Å². The van der Waals surface area contributed by atoms with Gasteiger partial charge in [-0.05, 0) is 95.9 Å². The predicted octanol–water partition coefficient (Wildman–Crippen LogP) is 7.30. The van der Waals surface area contributed by atoms with E-state index in [-0.39, 0.29) is 24.5 Å². The molecule has 4 aromatic carbocycles. The van der Waals surface area contributed by atoms with Gasteiger partial charge in [-0.25, -0.2) is 4.79 Å². The van der Waals surface area contributed by atoms with E-state index < -0.39 is 5.97 Å². The molecule has 266 valence electrons. The number of amides is 1. The highest BCUT2D eigenvalue weighted by Gasteiger charge is 2.23. The molecule has 9 heteroatoms. The number of rotatable bonds is 19. The highest BCUT2D eigenvalue weighted by Crippen LogP contribution is 2.29. The van der Waals surface area contributed by atoms with E-state index in [4.69, 9.17) is 4.74 Å². The SMILES string of the molecule is CC(C)N(CCN(Cc1c(C(=O)O)cccc1N(CCN(C)C)Cc1ccccc1)C(C)C)CC(=O)Nc1ccc(Oc2ccccc2)cc1. The Labute approximate surface area is 298 Å². The number of carbonyl (C=O) groups is 2. The highest BCUT2D eigenvalue weighted by atomic mass is 16.5. The van der Waals surface area contributed by atoms with Crippen molar-refractivity contribution in [2.45, 2.75) is 52.9 Å². The van der Waals surface area contributed by atoms with Crippen LogP contribution >= 0.6 is 0 Å². The van der Waals surface area contributed by atoms with Gasteiger partial charge in [-0.3, -0.25) is 14.6 Å². The summed E-state index contributed by atoms with van der Waals surface area (Å²) in [4.78, 5) is 34.7. The second-order valence-corrected chi connectivity index (χ2v) is 13.4. The number of carbonyl (C=O) groups excluding carboxylic acids is 1. The Bertz CT molecular complexity index is 1630. The molecule has 9 nitrogen and oxygen atoms in total. The minimum atomic E-state index is -0.932. The van der Waals surface area contributed by atoms with Crippen molar-refractivity contribution in [2.24, 2.45) is 0 Å². The molecular formula is C41H53N5O4. The van der Waals surface area contributed by atoms with Crippen LogP contribution in [0.2, 0.25) is 0 Å². The predicted molar refractivity (Wildman–Crippen MR) is 203 cm³/mol. The van der Waals surface area contributed by atoms with Gasteiger partial charge in [-0.2, -0.15) is 0 Å². The first-order chi connectivity index (χ1) is 24.0. The topological polar surface area (TPSA) is 88.6 Å². The Morgan fingerprint density at radius 3 is 1.88 bits per heavy atom. The average molecular weight is 680 g/mol. The molecular weight excluding hydrogens is 626 g/mol. The van der Waals surface area contributed by atoms with Gasteiger partial charge in [0.05, 0.1) is 12.1 Å². The van der Waals surface area contributed by atoms with E-state index in [1.54, 1.807) is 6.07 Å². The second-order valence-electron chi connectivity index (χ2n) is 13.4. The highest BCUT2D eigenvalue weighted by molar-refractivity contribution is 5.92. The molecule has 0 heterocycles. The Kier molecular flexibility index (Phi) is 14.4. The summed E-state index contributed by atoms with van der Waals surface area (Å²) in [6, 6.07) is 33.1. The van der Waals surface area contributed by atoms with Crippen LogP contribution in [0.1, 0.15) is 49.2 Å². The Morgan fingerprint density at radius 2 is 1.28 bits per heavy atom. The molecule has 0 bridgehead atoms. The lowest BCUT2D eigenvalue weighted by molar-refractivity contribution is -0.117. The molecule has 2 N–H and O–H groups in total. The fourth-order valence-electron chi connectivity index (χ4n) is 5.76. The summed E-state index contributed by atoms with van der Waals surface area (Å²) < 4.78 is 5.88. The molecule has 50 heavy (non-hydrogen) atoms. The molecule has 0 radical (unpaired) electrons. The van der Waals surface area contributed by atoms with Crippen LogP contribution in [0.5, 0.6) is 11.5 Å². The van der Waals surface area contributed by atoms with Gasteiger partial charge >= 0.3 is 5.97 Å². The molecule has 4 rings (SSSR count). The van der Waals surface area contributed by atoms with E-state index in [1.165, 1.54) is 5.56 Å². The number of carboxylic acid groups (broad SMARTS) is 1. The monoisotopic (exact) mass is 679 g/mol. The number of hydrogen-bond acceptors (Lipinski definition) is 7. The van der Waals surface area contributed by atoms with Crippen molar-refractivity contribution in [1.82, 2.24) is 14.7 Å². The van der Waals surface area contributed by atoms with Crippen LogP contribution in [0.4, 0.5) is 11.4 Å². The zero-order chi connectivity index (χ0) is 36.0. The van der Waals surface area contributed by atoms with Crippen molar-refractivity contribution < 1.29 is 19.4 Å². The number of ether oxygens (including phenoxy) is 1. The first kappa shape index (κ1) is 38.1. The number of nitrogens with zero attached hydrogens (tertiary/aromatic N) is 4. The summed E-state index contributed by atoms with van der Waals surface area (Å²) >= 11 is 0. The summed E-state index contributed by atoms with van der Waals surface area (Å²) in [5, 5.41) is 13.3. The van der Waals surface area contributed by atoms with Gasteiger partial charge in [-0.1, -0.05) is 54.6 Å². The third-order valence-electron chi connectivity index (χ3n) is 8.72. The van der Waals surface area contributed by atoms with Crippen LogP contribution in [0.3, 0.4) is 0 Å². The molecule has 0 aromatic heterocycles. The molecule has 0 saturated carbocycles. The van der Waals surface area contributed by atoms with Gasteiger partial charge < -0.3 is 25.0 Å². The second kappa shape index (κ2) is 18.9. The third-order valence-corrected chi connectivity index (χ3v) is 8.72. The number of nitrogens with one attached hydrogen (secondary N) is 1. The first-order valence-electron chi connectivity index (χ1n) is 17.4. The van der Waals surface area contributed by atoms with E-state index in [1.807, 2.05) is 99.0 Å². The fourth-order valence-corrected chi connectivity index (χ4v) is 5.76. The number of hydrogen-bond donors (Lipinski definition) is 2. The van der Waals surface area contributed by atoms with Crippen molar-refractivity contribution in [1.29, 1.82) is 0 Å². The quantitative estimate of drug-likeness (QED) is 0.107. The molecule has 0 atom stereocenters. The lowest BCUT2D eigenvalue weighted by Crippen LogP contribution is -2.44. The number of carboxylic acids is 1. The molecule has 0 fully saturated rings. The number of aromatic carboxylic acids is 1. The average Bonchev–Trinajstić information content (AvgIpc) is 3.09. The van der Waals surface area contributed by atoms with Gasteiger partial charge in [0, 0.05) is 68.3 Å². The molecule has 0 aliphatic carbocycles. The molecule has 0 aliphatic rings. The Hall–Kier alpha value is -4.70. The fraction of sp³-hybridized carbons (Fsp3) is 0.366. The molecule has 4 aromatic rings. The minimum absolute atomic E-state index is 0.0949. The smallest absolute Gasteiger partial charge is 0.336 e. The number of para-hydroxylation sites is 1. The van der Waals surface area contributed by atoms with E-state index in [9.17, 15) is 14.7 Å². The lowest BCUT2D eigenvalue weighted by Gasteiger charge is -2.34. The van der Waals surface area contributed by atoms with Gasteiger partial charge in [-0.15, -0.1) is 0 Å². The van der Waals surface area contributed by atoms with Gasteiger partial charge in [0.15, 0.2) is 0 Å². The lowest BCUT2D eigenvalue weighted by atomic mass is 10.0.